The summed E-state index contributed by atoms with van der Waals surface area (Å²) in [7, 11) is 0. The van der Waals surface area contributed by atoms with Crippen LogP contribution in [0.15, 0.2) is 42.6 Å². The minimum absolute atomic E-state index is 0.0619. The van der Waals surface area contributed by atoms with Gasteiger partial charge >= 0.3 is 0 Å². The highest BCUT2D eigenvalue weighted by Gasteiger charge is 2.34. The fourth-order valence-corrected chi connectivity index (χ4v) is 4.06. The fraction of sp³-hybridized carbons (Fsp3) is 0.556. The zero-order chi connectivity index (χ0) is 22.9. The van der Waals surface area contributed by atoms with Crippen LogP contribution in [0.2, 0.25) is 0 Å². The van der Waals surface area contributed by atoms with E-state index in [1.165, 1.54) is 11.1 Å². The third-order valence-electron chi connectivity index (χ3n) is 6.19. The molecule has 1 saturated carbocycles. The Bertz CT molecular complexity index is 885. The van der Waals surface area contributed by atoms with E-state index in [0.717, 1.165) is 57.3 Å². The summed E-state index contributed by atoms with van der Waals surface area (Å²) in [4.78, 5) is 29.8. The molecule has 0 spiro atoms. The van der Waals surface area contributed by atoms with Crippen molar-refractivity contribution < 1.29 is 9.59 Å². The molecule has 2 aromatic rings. The lowest BCUT2D eigenvalue weighted by atomic mass is 10.1. The Morgan fingerprint density at radius 3 is 2.38 bits per heavy atom. The van der Waals surface area contributed by atoms with E-state index in [9.17, 15) is 9.59 Å². The molecule has 0 unspecified atom stereocenters. The van der Waals surface area contributed by atoms with Gasteiger partial charge in [0.1, 0.15) is 0 Å². The topological polar surface area (TPSA) is 45.6 Å². The van der Waals surface area contributed by atoms with Crippen LogP contribution in [0.5, 0.6) is 0 Å². The summed E-state index contributed by atoms with van der Waals surface area (Å²) in [6.45, 7) is 9.37. The summed E-state index contributed by atoms with van der Waals surface area (Å²) in [5.74, 6) is 0.382. The fourth-order valence-electron chi connectivity index (χ4n) is 4.06. The van der Waals surface area contributed by atoms with Crippen LogP contribution in [0.25, 0.3) is 0 Å². The number of hydrogen-bond donors (Lipinski definition) is 0. The molecule has 1 aromatic carbocycles. The van der Waals surface area contributed by atoms with Crippen LogP contribution in [0.3, 0.4) is 0 Å². The number of carbonyl (C=O) groups excluding carboxylic acids is 2. The standard InChI is InChI=1S/C27H39N3O2/c1-4-6-15-29(26(31)21-30(16-7-5-2)27(32)24-13-14-24)20-25-12-9-17-28(25)19-23-11-8-10-22(3)18-23/h8-12,17-18,24H,4-7,13-16,19-21H2,1-3H3. The zero-order valence-corrected chi connectivity index (χ0v) is 20.1. The van der Waals surface area contributed by atoms with E-state index in [1.54, 1.807) is 0 Å². The van der Waals surface area contributed by atoms with Crippen LogP contribution in [0.1, 0.15) is 69.2 Å². The first-order chi connectivity index (χ1) is 15.5. The van der Waals surface area contributed by atoms with Crippen molar-refractivity contribution in [3.05, 3.63) is 59.4 Å². The molecule has 1 fully saturated rings. The van der Waals surface area contributed by atoms with Crippen molar-refractivity contribution in [2.45, 2.75) is 72.4 Å². The van der Waals surface area contributed by atoms with Crippen molar-refractivity contribution in [1.82, 2.24) is 14.4 Å². The second-order valence-electron chi connectivity index (χ2n) is 9.17. The van der Waals surface area contributed by atoms with Gasteiger partial charge in [-0.3, -0.25) is 9.59 Å². The molecule has 5 nitrogen and oxygen atoms in total. The molecule has 1 aliphatic rings. The molecule has 2 amide bonds. The number of amides is 2. The normalized spacial score (nSPS) is 13.2. The molecule has 174 valence electrons. The monoisotopic (exact) mass is 437 g/mol. The molecule has 1 aliphatic carbocycles. The van der Waals surface area contributed by atoms with Crippen molar-refractivity contribution in [2.24, 2.45) is 5.92 Å². The Balaban J connectivity index is 1.70. The molecule has 0 aliphatic heterocycles. The highest BCUT2D eigenvalue weighted by molar-refractivity contribution is 5.87. The van der Waals surface area contributed by atoms with E-state index in [1.807, 2.05) is 9.80 Å². The minimum atomic E-state index is 0.0619. The SMILES string of the molecule is CCCCN(Cc1cccn1Cc1cccc(C)c1)C(=O)CN(CCCC)C(=O)C1CC1. The van der Waals surface area contributed by atoms with E-state index >= 15 is 0 Å². The third kappa shape index (κ3) is 6.98. The summed E-state index contributed by atoms with van der Waals surface area (Å²) >= 11 is 0. The van der Waals surface area contributed by atoms with Crippen molar-refractivity contribution in [1.29, 1.82) is 0 Å². The predicted octanol–water partition coefficient (Wildman–Crippen LogP) is 5.01. The van der Waals surface area contributed by atoms with E-state index in [-0.39, 0.29) is 24.3 Å². The van der Waals surface area contributed by atoms with Gasteiger partial charge in [-0.25, -0.2) is 0 Å². The second kappa shape index (κ2) is 11.9. The van der Waals surface area contributed by atoms with Crippen LogP contribution in [0.4, 0.5) is 0 Å². The van der Waals surface area contributed by atoms with Crippen LogP contribution in [0, 0.1) is 12.8 Å². The summed E-state index contributed by atoms with van der Waals surface area (Å²) in [5.41, 5.74) is 3.64. The number of hydrogen-bond acceptors (Lipinski definition) is 2. The van der Waals surface area contributed by atoms with Gasteiger partial charge in [0.2, 0.25) is 11.8 Å². The molecule has 1 aromatic heterocycles. The van der Waals surface area contributed by atoms with Crippen molar-refractivity contribution >= 4 is 11.8 Å². The van der Waals surface area contributed by atoms with Crippen molar-refractivity contribution in [2.75, 3.05) is 19.6 Å². The zero-order valence-electron chi connectivity index (χ0n) is 20.1. The van der Waals surface area contributed by atoms with Crippen LogP contribution >= 0.6 is 0 Å². The Labute approximate surface area is 193 Å². The van der Waals surface area contributed by atoms with Gasteiger partial charge in [-0.2, -0.15) is 0 Å². The number of nitrogens with zero attached hydrogens (tertiary/aromatic N) is 3. The van der Waals surface area contributed by atoms with Gasteiger partial charge in [-0.15, -0.1) is 0 Å². The average molecular weight is 438 g/mol. The van der Waals surface area contributed by atoms with Gasteiger partial charge in [0.15, 0.2) is 0 Å². The van der Waals surface area contributed by atoms with Gasteiger partial charge in [0.05, 0.1) is 13.1 Å². The van der Waals surface area contributed by atoms with Gasteiger partial charge in [-0.1, -0.05) is 56.5 Å². The van der Waals surface area contributed by atoms with Crippen LogP contribution < -0.4 is 0 Å². The number of rotatable bonds is 13. The number of unbranched alkanes of at least 4 members (excludes halogenated alkanes) is 2. The van der Waals surface area contributed by atoms with Crippen molar-refractivity contribution in [3.8, 4) is 0 Å². The largest absolute Gasteiger partial charge is 0.345 e. The highest BCUT2D eigenvalue weighted by Crippen LogP contribution is 2.31. The number of benzene rings is 1. The molecule has 3 rings (SSSR count). The maximum absolute atomic E-state index is 13.3. The first kappa shape index (κ1) is 24.1. The Morgan fingerprint density at radius 2 is 1.72 bits per heavy atom. The molecule has 0 saturated heterocycles. The summed E-state index contributed by atoms with van der Waals surface area (Å²) in [6, 6.07) is 12.7. The molecular formula is C27H39N3O2. The van der Waals surface area contributed by atoms with Gasteiger partial charge in [-0.05, 0) is 50.3 Å². The van der Waals surface area contributed by atoms with Gasteiger partial charge < -0.3 is 14.4 Å². The Hall–Kier alpha value is -2.56. The maximum Gasteiger partial charge on any atom is 0.242 e. The molecule has 0 N–H and O–H groups in total. The Kier molecular flexibility index (Phi) is 8.95. The highest BCUT2D eigenvalue weighted by atomic mass is 16.2. The first-order valence-corrected chi connectivity index (χ1v) is 12.3. The average Bonchev–Trinajstić information content (AvgIpc) is 3.54. The van der Waals surface area contributed by atoms with Gasteiger partial charge in [0, 0.05) is 37.4 Å². The smallest absolute Gasteiger partial charge is 0.242 e. The lowest BCUT2D eigenvalue weighted by molar-refractivity contribution is -0.141. The quantitative estimate of drug-likeness (QED) is 0.442. The Morgan fingerprint density at radius 1 is 1.00 bits per heavy atom. The minimum Gasteiger partial charge on any atom is -0.345 e. The molecular weight excluding hydrogens is 398 g/mol. The molecule has 32 heavy (non-hydrogen) atoms. The molecule has 0 radical (unpaired) electrons. The van der Waals surface area contributed by atoms with E-state index in [2.05, 4.69) is 67.9 Å². The molecule has 1 heterocycles. The third-order valence-corrected chi connectivity index (χ3v) is 6.19. The second-order valence-corrected chi connectivity index (χ2v) is 9.17. The van der Waals surface area contributed by atoms with Crippen LogP contribution in [-0.2, 0) is 22.7 Å². The van der Waals surface area contributed by atoms with E-state index in [0.29, 0.717) is 13.1 Å². The summed E-state index contributed by atoms with van der Waals surface area (Å²) < 4.78 is 2.23. The maximum atomic E-state index is 13.3. The lowest BCUT2D eigenvalue weighted by Crippen LogP contribution is -2.44. The van der Waals surface area contributed by atoms with Crippen molar-refractivity contribution in [3.63, 3.8) is 0 Å². The van der Waals surface area contributed by atoms with E-state index < -0.39 is 0 Å². The summed E-state index contributed by atoms with van der Waals surface area (Å²) in [5, 5.41) is 0. The predicted molar refractivity (Wildman–Crippen MR) is 129 cm³/mol. The summed E-state index contributed by atoms with van der Waals surface area (Å²) in [6.07, 6.45) is 8.01. The molecule has 5 heteroatoms. The van der Waals surface area contributed by atoms with E-state index in [4.69, 9.17) is 0 Å². The van der Waals surface area contributed by atoms with Gasteiger partial charge in [0.25, 0.3) is 0 Å². The van der Waals surface area contributed by atoms with Crippen LogP contribution in [-0.4, -0.2) is 45.8 Å². The number of aryl methyl sites for hydroxylation is 1. The number of carbonyl (C=O) groups is 2. The lowest BCUT2D eigenvalue weighted by Gasteiger charge is -2.28. The molecule has 0 atom stereocenters. The molecule has 0 bridgehead atoms. The number of aromatic nitrogens is 1. The first-order valence-electron chi connectivity index (χ1n) is 12.3.